The summed E-state index contributed by atoms with van der Waals surface area (Å²) >= 11 is 6.12. The van der Waals surface area contributed by atoms with Gasteiger partial charge in [-0.2, -0.15) is 0 Å². The van der Waals surface area contributed by atoms with E-state index in [9.17, 15) is 5.11 Å². The monoisotopic (exact) mass is 405 g/mol. The topological polar surface area (TPSA) is 83.4 Å². The van der Waals surface area contributed by atoms with Gasteiger partial charge in [-0.25, -0.2) is 15.0 Å². The molecule has 3 rings (SSSR count). The molecule has 2 aromatic heterocycles. The number of pyridine rings is 1. The summed E-state index contributed by atoms with van der Waals surface area (Å²) in [5.74, 6) is 0.497. The van der Waals surface area contributed by atoms with Crippen LogP contribution in [-0.2, 0) is 0 Å². The van der Waals surface area contributed by atoms with Crippen molar-refractivity contribution in [2.24, 2.45) is 0 Å². The third-order valence-corrected chi connectivity index (χ3v) is 5.19. The van der Waals surface area contributed by atoms with Crippen molar-refractivity contribution in [3.8, 4) is 17.1 Å². The molecule has 1 aliphatic rings. The Morgan fingerprint density at radius 2 is 1.96 bits per heavy atom. The second-order valence-electron chi connectivity index (χ2n) is 7.86. The van der Waals surface area contributed by atoms with E-state index in [-0.39, 0.29) is 6.04 Å². The highest BCUT2D eigenvalue weighted by atomic mass is 35.5. The van der Waals surface area contributed by atoms with Crippen molar-refractivity contribution in [1.29, 1.82) is 0 Å². The Morgan fingerprint density at radius 3 is 2.61 bits per heavy atom. The van der Waals surface area contributed by atoms with E-state index in [0.717, 1.165) is 43.5 Å². The van der Waals surface area contributed by atoms with Crippen LogP contribution in [0.1, 0.15) is 32.6 Å². The van der Waals surface area contributed by atoms with E-state index in [0.29, 0.717) is 23.3 Å². The zero-order valence-corrected chi connectivity index (χ0v) is 17.4. The molecule has 0 aromatic carbocycles. The molecule has 0 unspecified atom stereocenters. The molecule has 2 N–H and O–H groups in total. The number of halogens is 1. The molecule has 0 atom stereocenters. The SMILES string of the molecule is CN(C)CCOc1cnc(-c2cnc(Cl)cc2NC2CCC(C)(O)CC2)cn1. The van der Waals surface area contributed by atoms with Gasteiger partial charge in [0, 0.05) is 30.0 Å². The minimum atomic E-state index is -0.565. The van der Waals surface area contributed by atoms with Crippen LogP contribution >= 0.6 is 11.6 Å². The highest BCUT2D eigenvalue weighted by molar-refractivity contribution is 6.29. The number of aliphatic hydroxyl groups is 1. The lowest BCUT2D eigenvalue weighted by molar-refractivity contribution is 0.0196. The predicted molar refractivity (Wildman–Crippen MR) is 111 cm³/mol. The number of nitrogens with zero attached hydrogens (tertiary/aromatic N) is 4. The molecule has 8 heteroatoms. The van der Waals surface area contributed by atoms with Crippen LogP contribution in [-0.4, -0.2) is 63.8 Å². The molecule has 0 aliphatic heterocycles. The molecular weight excluding hydrogens is 378 g/mol. The van der Waals surface area contributed by atoms with Crippen molar-refractivity contribution in [3.05, 3.63) is 29.8 Å². The molecule has 2 aromatic rings. The number of hydrogen-bond acceptors (Lipinski definition) is 7. The first-order valence-electron chi connectivity index (χ1n) is 9.57. The van der Waals surface area contributed by atoms with Crippen LogP contribution < -0.4 is 10.1 Å². The third kappa shape index (κ3) is 5.77. The fourth-order valence-corrected chi connectivity index (χ4v) is 3.38. The molecule has 0 amide bonds. The van der Waals surface area contributed by atoms with Gasteiger partial charge in [0.15, 0.2) is 0 Å². The van der Waals surface area contributed by atoms with Crippen molar-refractivity contribution in [1.82, 2.24) is 19.9 Å². The first-order valence-corrected chi connectivity index (χ1v) is 9.95. The molecule has 28 heavy (non-hydrogen) atoms. The fraction of sp³-hybridized carbons (Fsp3) is 0.550. The number of likely N-dealkylation sites (N-methyl/N-ethyl adjacent to an activating group) is 1. The van der Waals surface area contributed by atoms with Gasteiger partial charge in [0.2, 0.25) is 5.88 Å². The molecular formula is C20H28ClN5O2. The number of anilines is 1. The molecule has 1 aliphatic carbocycles. The minimum Gasteiger partial charge on any atom is -0.475 e. The summed E-state index contributed by atoms with van der Waals surface area (Å²) in [6.45, 7) is 3.27. The summed E-state index contributed by atoms with van der Waals surface area (Å²) in [4.78, 5) is 15.1. The Labute approximate surface area is 171 Å². The van der Waals surface area contributed by atoms with Crippen molar-refractivity contribution in [3.63, 3.8) is 0 Å². The van der Waals surface area contributed by atoms with E-state index in [1.54, 1.807) is 18.6 Å². The minimum absolute atomic E-state index is 0.277. The van der Waals surface area contributed by atoms with E-state index in [4.69, 9.17) is 16.3 Å². The Balaban J connectivity index is 1.71. The smallest absolute Gasteiger partial charge is 0.232 e. The maximum Gasteiger partial charge on any atom is 0.232 e. The standard InChI is InChI=1S/C20H28ClN5O2/c1-20(27)6-4-14(5-7-20)25-16-10-18(21)23-11-15(16)17-12-24-19(13-22-17)28-9-8-26(2)3/h10-14,27H,4-9H2,1-3H3,(H,23,25). The predicted octanol–water partition coefficient (Wildman–Crippen LogP) is 3.24. The van der Waals surface area contributed by atoms with Crippen molar-refractivity contribution in [2.45, 2.75) is 44.2 Å². The molecule has 0 spiro atoms. The molecule has 0 radical (unpaired) electrons. The molecule has 7 nitrogen and oxygen atoms in total. The van der Waals surface area contributed by atoms with E-state index < -0.39 is 5.60 Å². The molecule has 1 fully saturated rings. The maximum absolute atomic E-state index is 10.2. The van der Waals surface area contributed by atoms with Crippen LogP contribution in [0.3, 0.4) is 0 Å². The van der Waals surface area contributed by atoms with Gasteiger partial charge in [-0.1, -0.05) is 11.6 Å². The summed E-state index contributed by atoms with van der Waals surface area (Å²) in [5, 5.41) is 14.1. The number of rotatable bonds is 7. The molecule has 152 valence electrons. The van der Waals surface area contributed by atoms with Gasteiger partial charge in [-0.05, 0) is 52.8 Å². The van der Waals surface area contributed by atoms with Crippen LogP contribution in [0, 0.1) is 0 Å². The second kappa shape index (κ2) is 9.03. The summed E-state index contributed by atoms with van der Waals surface area (Å²) in [6, 6.07) is 2.09. The zero-order chi connectivity index (χ0) is 20.1. The van der Waals surface area contributed by atoms with Gasteiger partial charge in [0.05, 0.1) is 23.7 Å². The number of aromatic nitrogens is 3. The lowest BCUT2D eigenvalue weighted by atomic mass is 9.83. The van der Waals surface area contributed by atoms with Gasteiger partial charge in [-0.15, -0.1) is 0 Å². The van der Waals surface area contributed by atoms with Crippen LogP contribution in [0.25, 0.3) is 11.3 Å². The molecule has 0 bridgehead atoms. The van der Waals surface area contributed by atoms with Gasteiger partial charge < -0.3 is 20.1 Å². The first-order chi connectivity index (χ1) is 13.3. The van der Waals surface area contributed by atoms with E-state index in [1.807, 2.05) is 32.0 Å². The van der Waals surface area contributed by atoms with Gasteiger partial charge in [0.25, 0.3) is 0 Å². The molecule has 2 heterocycles. The van der Waals surface area contributed by atoms with Gasteiger partial charge >= 0.3 is 0 Å². The quantitative estimate of drug-likeness (QED) is 0.684. The highest BCUT2D eigenvalue weighted by Crippen LogP contribution is 2.33. The summed E-state index contributed by atoms with van der Waals surface area (Å²) in [6.07, 6.45) is 8.37. The lowest BCUT2D eigenvalue weighted by Gasteiger charge is -2.34. The number of hydrogen-bond donors (Lipinski definition) is 2. The third-order valence-electron chi connectivity index (χ3n) is 4.99. The maximum atomic E-state index is 10.2. The van der Waals surface area contributed by atoms with Crippen molar-refractivity contribution in [2.75, 3.05) is 32.6 Å². The lowest BCUT2D eigenvalue weighted by Crippen LogP contribution is -2.35. The van der Waals surface area contributed by atoms with Crippen molar-refractivity contribution >= 4 is 17.3 Å². The van der Waals surface area contributed by atoms with E-state index in [2.05, 4.69) is 20.3 Å². The van der Waals surface area contributed by atoms with E-state index in [1.165, 1.54) is 0 Å². The average Bonchev–Trinajstić information content (AvgIpc) is 2.64. The summed E-state index contributed by atoms with van der Waals surface area (Å²) < 4.78 is 5.61. The average molecular weight is 406 g/mol. The highest BCUT2D eigenvalue weighted by Gasteiger charge is 2.29. The Bertz CT molecular complexity index is 773. The van der Waals surface area contributed by atoms with Crippen LogP contribution in [0.5, 0.6) is 5.88 Å². The summed E-state index contributed by atoms with van der Waals surface area (Å²) in [5.41, 5.74) is 1.86. The number of nitrogens with one attached hydrogen (secondary N) is 1. The Kier molecular flexibility index (Phi) is 6.69. The van der Waals surface area contributed by atoms with Crippen molar-refractivity contribution < 1.29 is 9.84 Å². The fourth-order valence-electron chi connectivity index (χ4n) is 3.22. The molecule has 0 saturated heterocycles. The normalized spacial score (nSPS) is 22.3. The first kappa shape index (κ1) is 20.8. The van der Waals surface area contributed by atoms with Crippen LogP contribution in [0.15, 0.2) is 24.7 Å². The Hall–Kier alpha value is -1.96. The summed E-state index contributed by atoms with van der Waals surface area (Å²) in [7, 11) is 3.99. The second-order valence-corrected chi connectivity index (χ2v) is 8.25. The molecule has 1 saturated carbocycles. The van der Waals surface area contributed by atoms with Crippen LogP contribution in [0.4, 0.5) is 5.69 Å². The van der Waals surface area contributed by atoms with E-state index >= 15 is 0 Å². The van der Waals surface area contributed by atoms with Gasteiger partial charge in [-0.3, -0.25) is 0 Å². The van der Waals surface area contributed by atoms with Crippen LogP contribution in [0.2, 0.25) is 5.15 Å². The largest absolute Gasteiger partial charge is 0.475 e. The zero-order valence-electron chi connectivity index (χ0n) is 16.7. The van der Waals surface area contributed by atoms with Gasteiger partial charge in [0.1, 0.15) is 11.8 Å². The number of ether oxygens (including phenoxy) is 1. The Morgan fingerprint density at radius 1 is 1.21 bits per heavy atom.